The molecular weight excluding hydrogens is 322 g/mol. The zero-order chi connectivity index (χ0) is 16.5. The molecule has 2 heterocycles. The third kappa shape index (κ3) is 2.93. The number of hydrogen-bond acceptors (Lipinski definition) is 3. The summed E-state index contributed by atoms with van der Waals surface area (Å²) in [6.07, 6.45) is 0. The standard InChI is InChI=1S/C19H20ClN3O/c20-17-3-1-2-13(9-17)18-12-21-6-7-23(18)19(24)14-4-5-15-10-22-11-16(15)8-14/h1-5,8-9,18,21-22H,6-7,10-12H2. The highest BCUT2D eigenvalue weighted by Crippen LogP contribution is 2.27. The van der Waals surface area contributed by atoms with Gasteiger partial charge in [0, 0.05) is 43.3 Å². The first-order valence-corrected chi connectivity index (χ1v) is 8.70. The molecule has 2 aliphatic heterocycles. The Bertz CT molecular complexity index is 777. The number of carbonyl (C=O) groups is 1. The van der Waals surface area contributed by atoms with Crippen molar-refractivity contribution < 1.29 is 4.79 Å². The van der Waals surface area contributed by atoms with Crippen LogP contribution in [0.4, 0.5) is 0 Å². The van der Waals surface area contributed by atoms with E-state index in [0.717, 1.165) is 37.3 Å². The second-order valence-electron chi connectivity index (χ2n) is 6.36. The van der Waals surface area contributed by atoms with Crippen LogP contribution in [0.2, 0.25) is 5.02 Å². The molecule has 4 nitrogen and oxygen atoms in total. The lowest BCUT2D eigenvalue weighted by Gasteiger charge is -2.36. The minimum atomic E-state index is 0.0105. The number of piperazine rings is 1. The number of rotatable bonds is 2. The van der Waals surface area contributed by atoms with E-state index in [9.17, 15) is 4.79 Å². The Labute approximate surface area is 146 Å². The first-order valence-electron chi connectivity index (χ1n) is 8.32. The largest absolute Gasteiger partial charge is 0.329 e. The Hall–Kier alpha value is -1.88. The van der Waals surface area contributed by atoms with E-state index < -0.39 is 0 Å². The maximum absolute atomic E-state index is 13.1. The van der Waals surface area contributed by atoms with Gasteiger partial charge < -0.3 is 15.5 Å². The molecule has 1 atom stereocenters. The zero-order valence-electron chi connectivity index (χ0n) is 13.4. The van der Waals surface area contributed by atoms with Crippen LogP contribution in [0, 0.1) is 0 Å². The molecule has 2 aromatic rings. The van der Waals surface area contributed by atoms with Crippen LogP contribution in [0.5, 0.6) is 0 Å². The lowest BCUT2D eigenvalue weighted by molar-refractivity contribution is 0.0634. The lowest BCUT2D eigenvalue weighted by atomic mass is 10.0. The van der Waals surface area contributed by atoms with Gasteiger partial charge >= 0.3 is 0 Å². The zero-order valence-corrected chi connectivity index (χ0v) is 14.1. The number of halogens is 1. The average Bonchev–Trinajstić information content (AvgIpc) is 3.09. The van der Waals surface area contributed by atoms with Crippen molar-refractivity contribution in [3.8, 4) is 0 Å². The van der Waals surface area contributed by atoms with Crippen LogP contribution in [-0.4, -0.2) is 30.4 Å². The van der Waals surface area contributed by atoms with Crippen molar-refractivity contribution in [1.29, 1.82) is 0 Å². The monoisotopic (exact) mass is 341 g/mol. The van der Waals surface area contributed by atoms with Crippen LogP contribution < -0.4 is 10.6 Å². The van der Waals surface area contributed by atoms with Crippen LogP contribution in [-0.2, 0) is 13.1 Å². The summed E-state index contributed by atoms with van der Waals surface area (Å²) in [6, 6.07) is 13.9. The molecule has 24 heavy (non-hydrogen) atoms. The Morgan fingerprint density at radius 1 is 1.08 bits per heavy atom. The predicted octanol–water partition coefficient (Wildman–Crippen LogP) is 2.73. The highest BCUT2D eigenvalue weighted by atomic mass is 35.5. The van der Waals surface area contributed by atoms with E-state index in [1.54, 1.807) is 0 Å². The minimum absolute atomic E-state index is 0.0105. The summed E-state index contributed by atoms with van der Waals surface area (Å²) in [4.78, 5) is 15.1. The molecule has 2 aliphatic rings. The van der Waals surface area contributed by atoms with Crippen molar-refractivity contribution in [2.45, 2.75) is 19.1 Å². The van der Waals surface area contributed by atoms with Gasteiger partial charge in [-0.25, -0.2) is 0 Å². The van der Waals surface area contributed by atoms with Gasteiger partial charge in [0.1, 0.15) is 0 Å². The Kier molecular flexibility index (Phi) is 4.27. The van der Waals surface area contributed by atoms with E-state index in [0.29, 0.717) is 11.6 Å². The molecule has 2 N–H and O–H groups in total. The fourth-order valence-corrected chi connectivity index (χ4v) is 3.75. The molecule has 0 radical (unpaired) electrons. The first-order chi connectivity index (χ1) is 11.7. The molecule has 124 valence electrons. The number of nitrogens with one attached hydrogen (secondary N) is 2. The van der Waals surface area contributed by atoms with Crippen LogP contribution in [0.15, 0.2) is 42.5 Å². The van der Waals surface area contributed by atoms with Gasteiger partial charge in [0.2, 0.25) is 0 Å². The molecule has 1 unspecified atom stereocenters. The molecule has 1 fully saturated rings. The number of carbonyl (C=O) groups excluding carboxylic acids is 1. The molecule has 2 aromatic carbocycles. The second kappa shape index (κ2) is 6.55. The molecule has 0 aromatic heterocycles. The molecule has 0 aliphatic carbocycles. The van der Waals surface area contributed by atoms with E-state index in [4.69, 9.17) is 11.6 Å². The second-order valence-corrected chi connectivity index (χ2v) is 6.80. The fraction of sp³-hybridized carbons (Fsp3) is 0.316. The summed E-state index contributed by atoms with van der Waals surface area (Å²) in [5.41, 5.74) is 4.37. The maximum atomic E-state index is 13.1. The van der Waals surface area contributed by atoms with Gasteiger partial charge in [0.15, 0.2) is 0 Å². The van der Waals surface area contributed by atoms with Crippen molar-refractivity contribution in [3.05, 3.63) is 69.7 Å². The van der Waals surface area contributed by atoms with E-state index in [-0.39, 0.29) is 11.9 Å². The van der Waals surface area contributed by atoms with Crippen LogP contribution in [0.3, 0.4) is 0 Å². The smallest absolute Gasteiger partial charge is 0.254 e. The summed E-state index contributed by atoms with van der Waals surface area (Å²) in [7, 11) is 0. The summed E-state index contributed by atoms with van der Waals surface area (Å²) >= 11 is 6.14. The van der Waals surface area contributed by atoms with Gasteiger partial charge in [-0.05, 0) is 41.0 Å². The molecular formula is C19H20ClN3O. The van der Waals surface area contributed by atoms with Crippen molar-refractivity contribution in [2.75, 3.05) is 19.6 Å². The lowest BCUT2D eigenvalue weighted by Crippen LogP contribution is -2.48. The summed E-state index contributed by atoms with van der Waals surface area (Å²) < 4.78 is 0. The predicted molar refractivity (Wildman–Crippen MR) is 95.1 cm³/mol. The van der Waals surface area contributed by atoms with Crippen LogP contribution >= 0.6 is 11.6 Å². The number of amides is 1. The number of benzene rings is 2. The summed E-state index contributed by atoms with van der Waals surface area (Å²) in [5.74, 6) is 0.0937. The van der Waals surface area contributed by atoms with Crippen molar-refractivity contribution >= 4 is 17.5 Å². The van der Waals surface area contributed by atoms with Gasteiger partial charge in [-0.15, -0.1) is 0 Å². The van der Waals surface area contributed by atoms with E-state index in [2.05, 4.69) is 16.7 Å². The third-order valence-electron chi connectivity index (χ3n) is 4.82. The summed E-state index contributed by atoms with van der Waals surface area (Å²) in [5, 5.41) is 7.41. The van der Waals surface area contributed by atoms with Crippen molar-refractivity contribution in [3.63, 3.8) is 0 Å². The van der Waals surface area contributed by atoms with Gasteiger partial charge in [-0.1, -0.05) is 29.8 Å². The molecule has 0 bridgehead atoms. The van der Waals surface area contributed by atoms with Gasteiger partial charge in [-0.3, -0.25) is 4.79 Å². The van der Waals surface area contributed by atoms with Crippen molar-refractivity contribution in [1.82, 2.24) is 15.5 Å². The molecule has 5 heteroatoms. The molecule has 1 saturated heterocycles. The number of nitrogens with zero attached hydrogens (tertiary/aromatic N) is 1. The summed E-state index contributed by atoms with van der Waals surface area (Å²) in [6.45, 7) is 4.00. The van der Waals surface area contributed by atoms with Crippen LogP contribution in [0.1, 0.15) is 33.1 Å². The molecule has 1 amide bonds. The molecule has 0 saturated carbocycles. The third-order valence-corrected chi connectivity index (χ3v) is 5.06. The van der Waals surface area contributed by atoms with E-state index >= 15 is 0 Å². The Morgan fingerprint density at radius 2 is 1.96 bits per heavy atom. The SMILES string of the molecule is O=C(c1ccc2c(c1)CNC2)N1CCNCC1c1cccc(Cl)c1. The molecule has 0 spiro atoms. The van der Waals surface area contributed by atoms with Crippen molar-refractivity contribution in [2.24, 2.45) is 0 Å². The number of fused-ring (bicyclic) bond motifs is 1. The van der Waals surface area contributed by atoms with E-state index in [1.807, 2.05) is 41.3 Å². The van der Waals surface area contributed by atoms with Crippen LogP contribution in [0.25, 0.3) is 0 Å². The highest BCUT2D eigenvalue weighted by Gasteiger charge is 2.29. The molecule has 4 rings (SSSR count). The normalized spacial score (nSPS) is 20.0. The Balaban J connectivity index is 1.64. The van der Waals surface area contributed by atoms with Gasteiger partial charge in [0.05, 0.1) is 6.04 Å². The average molecular weight is 342 g/mol. The minimum Gasteiger partial charge on any atom is -0.329 e. The first kappa shape index (κ1) is 15.6. The Morgan fingerprint density at radius 3 is 2.83 bits per heavy atom. The van der Waals surface area contributed by atoms with Gasteiger partial charge in [-0.2, -0.15) is 0 Å². The van der Waals surface area contributed by atoms with Gasteiger partial charge in [0.25, 0.3) is 5.91 Å². The highest BCUT2D eigenvalue weighted by molar-refractivity contribution is 6.30. The number of hydrogen-bond donors (Lipinski definition) is 2. The van der Waals surface area contributed by atoms with E-state index in [1.165, 1.54) is 11.1 Å². The topological polar surface area (TPSA) is 44.4 Å². The quantitative estimate of drug-likeness (QED) is 0.882. The maximum Gasteiger partial charge on any atom is 0.254 e. The fourth-order valence-electron chi connectivity index (χ4n) is 3.55.